The van der Waals surface area contributed by atoms with Crippen LogP contribution in [-0.2, 0) is 32.1 Å². The van der Waals surface area contributed by atoms with Gasteiger partial charge in [0.15, 0.2) is 5.78 Å². The second-order valence-corrected chi connectivity index (χ2v) is 6.87. The Labute approximate surface area is 185 Å². The number of Topliss-reactive ketones (excluding diaryl/α,β-unsaturated/α-hetero) is 1. The number of halogens is 1. The zero-order chi connectivity index (χ0) is 22.5. The fraction of sp³-hybridized carbons (Fsp3) is 0.273. The van der Waals surface area contributed by atoms with E-state index in [1.54, 1.807) is 12.1 Å². The van der Waals surface area contributed by atoms with Gasteiger partial charge in [-0.25, -0.2) is 4.79 Å². The largest absolute Gasteiger partial charge is 0.445 e. The van der Waals surface area contributed by atoms with Gasteiger partial charge in [0.25, 0.3) is 0 Å². The molecule has 1 atom stereocenters. The Bertz CT molecular complexity index is 877. The van der Waals surface area contributed by atoms with Crippen LogP contribution in [0.2, 0.25) is 0 Å². The van der Waals surface area contributed by atoms with Crippen LogP contribution >= 0.6 is 11.6 Å². The molecule has 0 bridgehead atoms. The highest BCUT2D eigenvalue weighted by molar-refractivity contribution is 6.28. The smallest absolute Gasteiger partial charge is 0.407 e. The predicted molar refractivity (Wildman–Crippen MR) is 115 cm³/mol. The van der Waals surface area contributed by atoms with E-state index >= 15 is 0 Å². The van der Waals surface area contributed by atoms with Crippen molar-refractivity contribution in [2.45, 2.75) is 19.1 Å². The number of nitrogens with one attached hydrogen (secondary N) is 3. The third-order valence-electron chi connectivity index (χ3n) is 4.19. The standard InChI is InChI=1S/C22H24ClN3O5/c23-12-19(27)18(11-16-7-3-1-4-8-16)26-21(29)14-24-20(28)13-25-22(30)31-15-17-9-5-2-6-10-17/h1-10,18H,11-15H2,(H,24,28)(H,25,30)(H,26,29)/t18-/m1/s1. The number of hydrogen-bond acceptors (Lipinski definition) is 5. The van der Waals surface area contributed by atoms with Gasteiger partial charge in [-0.3, -0.25) is 14.4 Å². The van der Waals surface area contributed by atoms with Crippen molar-refractivity contribution in [1.82, 2.24) is 16.0 Å². The normalized spacial score (nSPS) is 11.1. The van der Waals surface area contributed by atoms with Crippen molar-refractivity contribution in [3.05, 3.63) is 71.8 Å². The molecule has 0 aromatic heterocycles. The molecule has 9 heteroatoms. The molecule has 0 aliphatic heterocycles. The Morgan fingerprint density at radius 2 is 1.39 bits per heavy atom. The van der Waals surface area contributed by atoms with E-state index in [4.69, 9.17) is 16.3 Å². The molecule has 0 spiro atoms. The van der Waals surface area contributed by atoms with E-state index in [9.17, 15) is 19.2 Å². The summed E-state index contributed by atoms with van der Waals surface area (Å²) in [6.07, 6.45) is -0.458. The lowest BCUT2D eigenvalue weighted by molar-refractivity contribution is -0.128. The SMILES string of the molecule is O=C(CNC(=O)OCc1ccccc1)NCC(=O)N[C@H](Cc1ccccc1)C(=O)CCl. The van der Waals surface area contributed by atoms with Crippen LogP contribution in [0.4, 0.5) is 4.79 Å². The second-order valence-electron chi connectivity index (χ2n) is 6.60. The van der Waals surface area contributed by atoms with Gasteiger partial charge in [0.05, 0.1) is 18.5 Å². The zero-order valence-electron chi connectivity index (χ0n) is 16.8. The minimum atomic E-state index is -0.796. The Morgan fingerprint density at radius 3 is 2.00 bits per heavy atom. The van der Waals surface area contributed by atoms with Crippen molar-refractivity contribution in [3.63, 3.8) is 0 Å². The number of carbonyl (C=O) groups excluding carboxylic acids is 4. The van der Waals surface area contributed by atoms with Gasteiger partial charge in [-0.05, 0) is 17.5 Å². The molecule has 0 saturated carbocycles. The summed E-state index contributed by atoms with van der Waals surface area (Å²) in [5, 5.41) is 7.25. The molecule has 0 radical (unpaired) electrons. The molecule has 3 N–H and O–H groups in total. The summed E-state index contributed by atoms with van der Waals surface area (Å²) in [6, 6.07) is 17.5. The van der Waals surface area contributed by atoms with E-state index in [2.05, 4.69) is 16.0 Å². The molecule has 31 heavy (non-hydrogen) atoms. The number of alkyl carbamates (subject to hydrolysis) is 1. The van der Waals surface area contributed by atoms with Crippen LogP contribution in [0.5, 0.6) is 0 Å². The van der Waals surface area contributed by atoms with Gasteiger partial charge in [-0.2, -0.15) is 0 Å². The van der Waals surface area contributed by atoms with Crippen molar-refractivity contribution in [1.29, 1.82) is 0 Å². The number of hydrogen-bond donors (Lipinski definition) is 3. The lowest BCUT2D eigenvalue weighted by atomic mass is 10.0. The van der Waals surface area contributed by atoms with Gasteiger partial charge < -0.3 is 20.7 Å². The third-order valence-corrected chi connectivity index (χ3v) is 4.45. The van der Waals surface area contributed by atoms with Crippen molar-refractivity contribution in [3.8, 4) is 0 Å². The first-order valence-corrected chi connectivity index (χ1v) is 10.1. The molecule has 3 amide bonds. The van der Waals surface area contributed by atoms with E-state index in [0.717, 1.165) is 11.1 Å². The van der Waals surface area contributed by atoms with E-state index in [1.807, 2.05) is 48.5 Å². The highest BCUT2D eigenvalue weighted by atomic mass is 35.5. The van der Waals surface area contributed by atoms with Crippen LogP contribution in [0, 0.1) is 0 Å². The molecule has 0 aliphatic carbocycles. The second kappa shape index (κ2) is 13.0. The maximum atomic E-state index is 12.1. The van der Waals surface area contributed by atoms with Gasteiger partial charge in [-0.15, -0.1) is 11.6 Å². The van der Waals surface area contributed by atoms with Crippen LogP contribution in [-0.4, -0.2) is 48.7 Å². The van der Waals surface area contributed by atoms with Crippen molar-refractivity contribution >= 4 is 35.3 Å². The minimum Gasteiger partial charge on any atom is -0.445 e. The molecule has 0 heterocycles. The first-order chi connectivity index (χ1) is 15.0. The summed E-state index contributed by atoms with van der Waals surface area (Å²) in [6.45, 7) is -0.622. The van der Waals surface area contributed by atoms with E-state index < -0.39 is 23.9 Å². The lowest BCUT2D eigenvalue weighted by Crippen LogP contribution is -2.48. The van der Waals surface area contributed by atoms with E-state index in [0.29, 0.717) is 6.42 Å². The number of benzene rings is 2. The fourth-order valence-corrected chi connectivity index (χ4v) is 2.79. The molecule has 2 aromatic carbocycles. The minimum absolute atomic E-state index is 0.0775. The summed E-state index contributed by atoms with van der Waals surface area (Å²) in [5.74, 6) is -1.68. The third kappa shape index (κ3) is 9.31. The maximum absolute atomic E-state index is 12.1. The molecule has 0 aliphatic rings. The van der Waals surface area contributed by atoms with Gasteiger partial charge in [0, 0.05) is 0 Å². The Hall–Kier alpha value is -3.39. The van der Waals surface area contributed by atoms with E-state index in [-0.39, 0.29) is 31.4 Å². The lowest BCUT2D eigenvalue weighted by Gasteiger charge is -2.17. The van der Waals surface area contributed by atoms with Crippen LogP contribution in [0.25, 0.3) is 0 Å². The van der Waals surface area contributed by atoms with Gasteiger partial charge in [-0.1, -0.05) is 60.7 Å². The van der Waals surface area contributed by atoms with Gasteiger partial charge >= 0.3 is 6.09 Å². The monoisotopic (exact) mass is 445 g/mol. The van der Waals surface area contributed by atoms with Crippen LogP contribution < -0.4 is 16.0 Å². The topological polar surface area (TPSA) is 114 Å². The molecule has 0 saturated heterocycles. The first-order valence-electron chi connectivity index (χ1n) is 9.61. The highest BCUT2D eigenvalue weighted by Gasteiger charge is 2.20. The van der Waals surface area contributed by atoms with Crippen molar-refractivity contribution < 1.29 is 23.9 Å². The fourth-order valence-electron chi connectivity index (χ4n) is 2.60. The summed E-state index contributed by atoms with van der Waals surface area (Å²) in [7, 11) is 0. The van der Waals surface area contributed by atoms with Gasteiger partial charge in [0.1, 0.15) is 13.2 Å². The Balaban J connectivity index is 1.70. The predicted octanol–water partition coefficient (Wildman–Crippen LogP) is 1.56. The first kappa shape index (κ1) is 23.9. The highest BCUT2D eigenvalue weighted by Crippen LogP contribution is 2.05. The quantitative estimate of drug-likeness (QED) is 0.454. The maximum Gasteiger partial charge on any atom is 0.407 e. The number of ketones is 1. The van der Waals surface area contributed by atoms with Crippen LogP contribution in [0.15, 0.2) is 60.7 Å². The number of carbonyl (C=O) groups is 4. The molecule has 2 aromatic rings. The number of amides is 3. The average Bonchev–Trinajstić information content (AvgIpc) is 2.80. The Morgan fingerprint density at radius 1 is 0.806 bits per heavy atom. The van der Waals surface area contributed by atoms with E-state index in [1.165, 1.54) is 0 Å². The van der Waals surface area contributed by atoms with Crippen molar-refractivity contribution in [2.75, 3.05) is 19.0 Å². The van der Waals surface area contributed by atoms with Crippen molar-refractivity contribution in [2.24, 2.45) is 0 Å². The van der Waals surface area contributed by atoms with Crippen LogP contribution in [0.3, 0.4) is 0 Å². The molecule has 0 unspecified atom stereocenters. The zero-order valence-corrected chi connectivity index (χ0v) is 17.6. The molecule has 2 rings (SSSR count). The molecular weight excluding hydrogens is 422 g/mol. The number of ether oxygens (including phenoxy) is 1. The molecule has 164 valence electrons. The molecular formula is C22H24ClN3O5. The average molecular weight is 446 g/mol. The summed E-state index contributed by atoms with van der Waals surface area (Å²) < 4.78 is 4.99. The molecule has 0 fully saturated rings. The van der Waals surface area contributed by atoms with Gasteiger partial charge in [0.2, 0.25) is 11.8 Å². The molecule has 8 nitrogen and oxygen atoms in total. The van der Waals surface area contributed by atoms with Crippen LogP contribution in [0.1, 0.15) is 11.1 Å². The Kier molecular flexibility index (Phi) is 10.0. The summed E-state index contributed by atoms with van der Waals surface area (Å²) >= 11 is 5.64. The number of alkyl halides is 1. The summed E-state index contributed by atoms with van der Waals surface area (Å²) in [5.41, 5.74) is 1.68. The number of rotatable bonds is 11. The summed E-state index contributed by atoms with van der Waals surface area (Å²) in [4.78, 5) is 47.7.